The Balaban J connectivity index is 0.000000283. The lowest BCUT2D eigenvalue weighted by atomic mass is 9.91. The van der Waals surface area contributed by atoms with Crippen LogP contribution in [0.3, 0.4) is 0 Å². The van der Waals surface area contributed by atoms with Gasteiger partial charge in [0.2, 0.25) is 5.43 Å². The van der Waals surface area contributed by atoms with Crippen molar-refractivity contribution in [2.45, 2.75) is 72.7 Å². The van der Waals surface area contributed by atoms with Gasteiger partial charge in [0.1, 0.15) is 11.1 Å². The maximum Gasteiger partial charge on any atom is 0.343 e. The van der Waals surface area contributed by atoms with E-state index in [-0.39, 0.29) is 41.6 Å². The molecular formula is C37H44BrNO6. The van der Waals surface area contributed by atoms with Crippen LogP contribution >= 0.6 is 15.9 Å². The zero-order valence-electron chi connectivity index (χ0n) is 27.5. The summed E-state index contributed by atoms with van der Waals surface area (Å²) >= 11 is 3.27. The van der Waals surface area contributed by atoms with Gasteiger partial charge in [-0.2, -0.15) is 0 Å². The van der Waals surface area contributed by atoms with Gasteiger partial charge in [-0.05, 0) is 59.1 Å². The van der Waals surface area contributed by atoms with Crippen molar-refractivity contribution in [1.29, 1.82) is 0 Å². The van der Waals surface area contributed by atoms with E-state index in [2.05, 4.69) is 29.8 Å². The van der Waals surface area contributed by atoms with Crippen LogP contribution < -0.4 is 5.43 Å². The van der Waals surface area contributed by atoms with Crippen molar-refractivity contribution >= 4 is 39.2 Å². The Labute approximate surface area is 275 Å². The first-order chi connectivity index (χ1) is 21.3. The average molecular weight is 679 g/mol. The molecule has 0 fully saturated rings. The minimum absolute atomic E-state index is 0.0774. The number of nitrogens with zero attached hydrogens (tertiary/aromatic N) is 1. The molecule has 7 nitrogen and oxygen atoms in total. The Kier molecular flexibility index (Phi) is 14.9. The van der Waals surface area contributed by atoms with Crippen LogP contribution in [0.25, 0.3) is 16.7 Å². The van der Waals surface area contributed by atoms with Crippen LogP contribution in [-0.4, -0.2) is 40.3 Å². The predicted octanol–water partition coefficient (Wildman–Crippen LogP) is 8.21. The standard InChI is InChI=1S/C18H21NO3.C16H16O3.C3H7Br/c1-5-22-18(21)16-11-19(12(2)3)10-15(17(16)20)14-8-6-13(4)7-9-14;1-3-19-16(18)14-6-4-5-13(15(14)17)12-9-7-11(2)8-10-12;1-3(2)4/h6-12H,5H2,1-4H3;5-10H,3-4H2,1-2H3;3H,1-2H3. The van der Waals surface area contributed by atoms with Crippen LogP contribution in [0.2, 0.25) is 0 Å². The number of benzene rings is 2. The molecule has 1 heterocycles. The largest absolute Gasteiger partial charge is 0.462 e. The number of ketones is 1. The Morgan fingerprint density at radius 3 is 1.76 bits per heavy atom. The Morgan fingerprint density at radius 2 is 1.27 bits per heavy atom. The maximum atomic E-state index is 12.6. The van der Waals surface area contributed by atoms with E-state index >= 15 is 0 Å². The number of hydrogen-bond donors (Lipinski definition) is 0. The van der Waals surface area contributed by atoms with Gasteiger partial charge in [-0.15, -0.1) is 0 Å². The van der Waals surface area contributed by atoms with Crippen molar-refractivity contribution in [3.05, 3.63) is 111 Å². The molecule has 0 atom stereocenters. The monoisotopic (exact) mass is 677 g/mol. The first-order valence-electron chi connectivity index (χ1n) is 15.1. The fourth-order valence-corrected chi connectivity index (χ4v) is 4.18. The number of Topliss-reactive ketones (excluding diaryl/α,β-unsaturated/α-hetero) is 1. The van der Waals surface area contributed by atoms with E-state index in [9.17, 15) is 19.2 Å². The van der Waals surface area contributed by atoms with E-state index in [4.69, 9.17) is 9.47 Å². The number of carbonyl (C=O) groups is 3. The number of pyridine rings is 1. The van der Waals surface area contributed by atoms with E-state index < -0.39 is 11.9 Å². The molecule has 2 aromatic carbocycles. The summed E-state index contributed by atoms with van der Waals surface area (Å²) in [7, 11) is 0. The van der Waals surface area contributed by atoms with Crippen LogP contribution in [0.4, 0.5) is 0 Å². The maximum absolute atomic E-state index is 12.6. The van der Waals surface area contributed by atoms with Crippen LogP contribution in [0.15, 0.2) is 83.4 Å². The first kappa shape index (κ1) is 37.1. The van der Waals surface area contributed by atoms with E-state index in [1.807, 2.05) is 86.9 Å². The molecule has 0 spiro atoms. The van der Waals surface area contributed by atoms with Gasteiger partial charge in [0.15, 0.2) is 5.78 Å². The highest BCUT2D eigenvalue weighted by atomic mass is 79.9. The predicted molar refractivity (Wildman–Crippen MR) is 185 cm³/mol. The Bertz CT molecular complexity index is 1580. The van der Waals surface area contributed by atoms with Crippen molar-refractivity contribution in [1.82, 2.24) is 4.57 Å². The minimum Gasteiger partial charge on any atom is -0.462 e. The lowest BCUT2D eigenvalue weighted by Gasteiger charge is -2.15. The number of halogens is 1. The van der Waals surface area contributed by atoms with Crippen LogP contribution in [0.1, 0.15) is 81.1 Å². The third kappa shape index (κ3) is 11.1. The molecule has 0 bridgehead atoms. The third-order valence-corrected chi connectivity index (χ3v) is 6.49. The number of allylic oxidation sites excluding steroid dienone is 3. The number of aryl methyl sites for hydroxylation is 2. The van der Waals surface area contributed by atoms with Gasteiger partial charge in [-0.25, -0.2) is 9.59 Å². The Morgan fingerprint density at radius 1 is 0.778 bits per heavy atom. The molecule has 0 radical (unpaired) electrons. The smallest absolute Gasteiger partial charge is 0.343 e. The molecule has 1 aromatic heterocycles. The number of rotatable bonds is 7. The summed E-state index contributed by atoms with van der Waals surface area (Å²) in [5.74, 6) is -1.37. The van der Waals surface area contributed by atoms with Gasteiger partial charge in [0, 0.05) is 34.4 Å². The average Bonchev–Trinajstić information content (AvgIpc) is 2.98. The summed E-state index contributed by atoms with van der Waals surface area (Å²) in [6, 6.07) is 15.5. The summed E-state index contributed by atoms with van der Waals surface area (Å²) in [5, 5.41) is 0. The molecule has 1 aliphatic rings. The number of hydrogen-bond acceptors (Lipinski definition) is 6. The normalized spacial score (nSPS) is 12.3. The molecule has 0 N–H and O–H groups in total. The van der Waals surface area contributed by atoms with Crippen LogP contribution in [-0.2, 0) is 19.1 Å². The molecule has 240 valence electrons. The molecular weight excluding hydrogens is 634 g/mol. The second-order valence-electron chi connectivity index (χ2n) is 10.9. The highest BCUT2D eigenvalue weighted by Gasteiger charge is 2.25. The van der Waals surface area contributed by atoms with Gasteiger partial charge in [0.05, 0.1) is 13.2 Å². The second-order valence-corrected chi connectivity index (χ2v) is 12.8. The number of aromatic nitrogens is 1. The lowest BCUT2D eigenvalue weighted by molar-refractivity contribution is -0.139. The van der Waals surface area contributed by atoms with Crippen molar-refractivity contribution < 1.29 is 23.9 Å². The number of alkyl halides is 1. The summed E-state index contributed by atoms with van der Waals surface area (Å²) in [4.78, 5) is 49.3. The zero-order chi connectivity index (χ0) is 33.7. The van der Waals surface area contributed by atoms with Gasteiger partial charge < -0.3 is 14.0 Å². The first-order valence-corrected chi connectivity index (χ1v) is 16.0. The van der Waals surface area contributed by atoms with Gasteiger partial charge in [-0.3, -0.25) is 9.59 Å². The van der Waals surface area contributed by atoms with Crippen molar-refractivity contribution in [2.24, 2.45) is 0 Å². The summed E-state index contributed by atoms with van der Waals surface area (Å²) in [6.45, 7) is 16.1. The number of carbonyl (C=O) groups excluding carboxylic acids is 3. The van der Waals surface area contributed by atoms with Crippen LogP contribution in [0.5, 0.6) is 0 Å². The van der Waals surface area contributed by atoms with Crippen molar-refractivity contribution in [2.75, 3.05) is 13.2 Å². The SMILES string of the molecule is CC(C)Br.CCOC(=O)C1=CCC=C(c2ccc(C)cc2)C1=O.CCOC(=O)c1cn(C(C)C)cc(-c2ccc(C)cc2)c1=O. The highest BCUT2D eigenvalue weighted by molar-refractivity contribution is 9.09. The van der Waals surface area contributed by atoms with Gasteiger partial charge in [0.25, 0.3) is 0 Å². The second kappa shape index (κ2) is 18.1. The molecule has 0 unspecified atom stereocenters. The molecule has 3 aromatic rings. The molecule has 0 saturated heterocycles. The fourth-order valence-electron chi connectivity index (χ4n) is 4.18. The van der Waals surface area contributed by atoms with E-state index in [0.29, 0.717) is 22.4 Å². The van der Waals surface area contributed by atoms with Crippen LogP contribution in [0, 0.1) is 13.8 Å². The minimum atomic E-state index is -0.573. The van der Waals surface area contributed by atoms with E-state index in [1.165, 1.54) is 0 Å². The van der Waals surface area contributed by atoms with Crippen molar-refractivity contribution in [3.63, 3.8) is 0 Å². The number of esters is 2. The fraction of sp³-hybridized carbons (Fsp3) is 0.351. The molecule has 0 saturated carbocycles. The molecule has 0 aliphatic heterocycles. The van der Waals surface area contributed by atoms with Gasteiger partial charge >= 0.3 is 11.9 Å². The van der Waals surface area contributed by atoms with E-state index in [0.717, 1.165) is 22.3 Å². The molecule has 45 heavy (non-hydrogen) atoms. The molecule has 1 aliphatic carbocycles. The summed E-state index contributed by atoms with van der Waals surface area (Å²) in [5.41, 5.74) is 4.91. The topological polar surface area (TPSA) is 91.7 Å². The Hall–Kier alpha value is -4.04. The van der Waals surface area contributed by atoms with Crippen molar-refractivity contribution in [3.8, 4) is 11.1 Å². The highest BCUT2D eigenvalue weighted by Crippen LogP contribution is 2.25. The lowest BCUT2D eigenvalue weighted by Crippen LogP contribution is -2.22. The van der Waals surface area contributed by atoms with E-state index in [1.54, 1.807) is 32.3 Å². The third-order valence-electron chi connectivity index (χ3n) is 6.49. The quantitative estimate of drug-likeness (QED) is 0.142. The zero-order valence-corrected chi connectivity index (χ0v) is 29.1. The molecule has 8 heteroatoms. The molecule has 4 rings (SSSR count). The summed E-state index contributed by atoms with van der Waals surface area (Å²) in [6.07, 6.45) is 7.40. The number of ether oxygens (including phenoxy) is 2. The summed E-state index contributed by atoms with van der Waals surface area (Å²) < 4.78 is 11.8. The molecule has 0 amide bonds. The van der Waals surface area contributed by atoms with Gasteiger partial charge in [-0.1, -0.05) is 102 Å².